The molecule has 0 aromatic heterocycles. The molecule has 3 rings (SSSR count). The van der Waals surface area contributed by atoms with E-state index in [1.54, 1.807) is 36.4 Å². The van der Waals surface area contributed by atoms with Crippen LogP contribution in [0.3, 0.4) is 0 Å². The number of aromatic hydroxyl groups is 1. The molecule has 0 fully saturated rings. The number of amides is 4. The zero-order chi connectivity index (χ0) is 30.3. The first kappa shape index (κ1) is 32.4. The molecule has 0 saturated carbocycles. The molecule has 0 unspecified atom stereocenters. The summed E-state index contributed by atoms with van der Waals surface area (Å²) in [6, 6.07) is 11.5. The van der Waals surface area contributed by atoms with Crippen LogP contribution in [0.5, 0.6) is 11.5 Å². The maximum atomic E-state index is 13.3. The van der Waals surface area contributed by atoms with E-state index in [-0.39, 0.29) is 30.9 Å². The monoisotopic (exact) mass is 581 g/mol. The average Bonchev–Trinajstić information content (AvgIpc) is 2.96. The lowest BCUT2D eigenvalue weighted by molar-refractivity contribution is -0.129. The summed E-state index contributed by atoms with van der Waals surface area (Å²) < 4.78 is 5.91. The summed E-state index contributed by atoms with van der Waals surface area (Å²) in [5, 5.41) is 20.9. The van der Waals surface area contributed by atoms with Gasteiger partial charge >= 0.3 is 0 Å². The summed E-state index contributed by atoms with van der Waals surface area (Å²) in [6.07, 6.45) is 3.48. The van der Waals surface area contributed by atoms with Gasteiger partial charge in [0.2, 0.25) is 17.7 Å². The van der Waals surface area contributed by atoms with Crippen molar-refractivity contribution in [3.8, 4) is 11.5 Å². The lowest BCUT2D eigenvalue weighted by atomic mass is 10.0. The van der Waals surface area contributed by atoms with E-state index in [9.17, 15) is 24.3 Å². The van der Waals surface area contributed by atoms with Crippen LogP contribution < -0.4 is 26.0 Å². The number of rotatable bonds is 6. The quantitative estimate of drug-likeness (QED) is 0.349. The maximum Gasteiger partial charge on any atom is 0.255 e. The molecule has 4 amide bonds. The summed E-state index contributed by atoms with van der Waals surface area (Å²) >= 11 is 0. The zero-order valence-electron chi connectivity index (χ0n) is 24.5. The van der Waals surface area contributed by atoms with Crippen LogP contribution in [0.1, 0.15) is 54.4 Å². The second-order valence-electron chi connectivity index (χ2n) is 10.7. The molecule has 2 atom stereocenters. The van der Waals surface area contributed by atoms with Gasteiger partial charge in [-0.05, 0) is 63.2 Å². The fourth-order valence-electron chi connectivity index (χ4n) is 4.53. The van der Waals surface area contributed by atoms with Gasteiger partial charge in [0, 0.05) is 32.5 Å². The van der Waals surface area contributed by atoms with E-state index in [2.05, 4.69) is 21.3 Å². The van der Waals surface area contributed by atoms with Crippen molar-refractivity contribution in [1.82, 2.24) is 26.2 Å². The molecule has 1 aliphatic heterocycles. The molecule has 228 valence electrons. The number of carbonyl (C=O) groups excluding carboxylic acids is 4. The first-order valence-electron chi connectivity index (χ1n) is 14.5. The van der Waals surface area contributed by atoms with Gasteiger partial charge in [0.1, 0.15) is 23.6 Å². The number of phenols is 1. The van der Waals surface area contributed by atoms with Gasteiger partial charge in [-0.2, -0.15) is 0 Å². The maximum absolute atomic E-state index is 13.3. The largest absolute Gasteiger partial charge is 0.508 e. The molecule has 5 N–H and O–H groups in total. The minimum Gasteiger partial charge on any atom is -0.508 e. The molecule has 1 aliphatic rings. The van der Waals surface area contributed by atoms with Crippen LogP contribution in [-0.4, -0.2) is 86.1 Å². The van der Waals surface area contributed by atoms with Gasteiger partial charge < -0.3 is 36.0 Å². The molecule has 0 radical (unpaired) electrons. The van der Waals surface area contributed by atoms with E-state index < -0.39 is 29.8 Å². The van der Waals surface area contributed by atoms with E-state index in [4.69, 9.17) is 4.74 Å². The smallest absolute Gasteiger partial charge is 0.255 e. The van der Waals surface area contributed by atoms with Gasteiger partial charge in [-0.3, -0.25) is 19.2 Å². The molecule has 2 aromatic carbocycles. The topological polar surface area (TPSA) is 149 Å². The van der Waals surface area contributed by atoms with Gasteiger partial charge in [0.15, 0.2) is 0 Å². The third kappa shape index (κ3) is 11.0. The number of nitrogens with zero attached hydrogens (tertiary/aromatic N) is 1. The molecule has 1 heterocycles. The normalized spacial score (nSPS) is 19.5. The second-order valence-corrected chi connectivity index (χ2v) is 10.7. The zero-order valence-corrected chi connectivity index (χ0v) is 24.5. The van der Waals surface area contributed by atoms with Gasteiger partial charge in [-0.15, -0.1) is 0 Å². The molecule has 0 aliphatic carbocycles. The van der Waals surface area contributed by atoms with Crippen molar-refractivity contribution in [1.29, 1.82) is 0 Å². The van der Waals surface area contributed by atoms with Crippen molar-refractivity contribution in [2.45, 2.75) is 57.0 Å². The van der Waals surface area contributed by atoms with Gasteiger partial charge in [-0.1, -0.05) is 37.1 Å². The van der Waals surface area contributed by atoms with Crippen LogP contribution in [0.25, 0.3) is 0 Å². The predicted molar refractivity (Wildman–Crippen MR) is 159 cm³/mol. The molecule has 11 nitrogen and oxygen atoms in total. The third-order valence-corrected chi connectivity index (χ3v) is 6.93. The number of hydrogen-bond acceptors (Lipinski definition) is 7. The molecular formula is C31H43N5O6. The Morgan fingerprint density at radius 3 is 2.50 bits per heavy atom. The standard InChI is InChI=1S/C31H43N5O6/c1-36(2)19-18-33-30(40)25-15-16-28(38)34-26(21-22-11-13-23(37)14-12-22)31(41)32-17-7-3-4-8-20-42-27-10-6-5-9-24(27)29(39)35-25/h5-6,9-14,25-26,37H,3-4,7-8,15-21H2,1-2H3,(H,32,41)(H,33,40)(H,34,38)(H,35,39)/t25-,26-/m0/s1. The SMILES string of the molecule is CN(C)CCNC(=O)[C@@H]1CCC(=O)N[C@@H](Cc2ccc(O)cc2)C(=O)NCCCCCCOc2ccccc2C(=O)N1. The second kappa shape index (κ2) is 17.0. The van der Waals surface area contributed by atoms with E-state index >= 15 is 0 Å². The highest BCUT2D eigenvalue weighted by Crippen LogP contribution is 2.19. The van der Waals surface area contributed by atoms with Gasteiger partial charge in [0.05, 0.1) is 12.2 Å². The Balaban J connectivity index is 1.79. The fourth-order valence-corrected chi connectivity index (χ4v) is 4.53. The van der Waals surface area contributed by atoms with E-state index in [0.717, 1.165) is 31.2 Å². The molecule has 42 heavy (non-hydrogen) atoms. The molecule has 0 bridgehead atoms. The number of carbonyl (C=O) groups is 4. The Labute approximate surface area is 247 Å². The number of para-hydroxylation sites is 1. The lowest BCUT2D eigenvalue weighted by Gasteiger charge is -2.21. The molecule has 11 heteroatoms. The minimum atomic E-state index is -0.982. The predicted octanol–water partition coefficient (Wildman–Crippen LogP) is 1.75. The van der Waals surface area contributed by atoms with E-state index in [1.807, 2.05) is 19.0 Å². The first-order chi connectivity index (χ1) is 20.2. The highest BCUT2D eigenvalue weighted by atomic mass is 16.5. The summed E-state index contributed by atoms with van der Waals surface area (Å²) in [4.78, 5) is 54.5. The number of phenolic OH excluding ortho intramolecular Hbond substituents is 1. The van der Waals surface area contributed by atoms with Crippen molar-refractivity contribution < 1.29 is 29.0 Å². The first-order valence-corrected chi connectivity index (χ1v) is 14.5. The van der Waals surface area contributed by atoms with Crippen LogP contribution in [0.15, 0.2) is 48.5 Å². The number of nitrogens with one attached hydrogen (secondary N) is 4. The highest BCUT2D eigenvalue weighted by molar-refractivity contribution is 5.99. The average molecular weight is 582 g/mol. The summed E-state index contributed by atoms with van der Waals surface area (Å²) in [6.45, 7) is 1.88. The number of likely N-dealkylation sites (N-methyl/N-ethyl adjacent to an activating group) is 1. The van der Waals surface area contributed by atoms with Crippen LogP contribution >= 0.6 is 0 Å². The Bertz CT molecular complexity index is 1190. The van der Waals surface area contributed by atoms with Crippen LogP contribution in [0, 0.1) is 0 Å². The molecular weight excluding hydrogens is 538 g/mol. The summed E-state index contributed by atoms with van der Waals surface area (Å²) in [5.41, 5.74) is 1.09. The highest BCUT2D eigenvalue weighted by Gasteiger charge is 2.26. The van der Waals surface area contributed by atoms with Crippen molar-refractivity contribution in [2.75, 3.05) is 40.3 Å². The Hall–Kier alpha value is -4.12. The van der Waals surface area contributed by atoms with Crippen LogP contribution in [0.2, 0.25) is 0 Å². The van der Waals surface area contributed by atoms with Crippen LogP contribution in [-0.2, 0) is 20.8 Å². The number of hydrogen-bond donors (Lipinski definition) is 5. The molecule has 0 spiro atoms. The van der Waals surface area contributed by atoms with Crippen molar-refractivity contribution in [3.05, 3.63) is 59.7 Å². The number of benzene rings is 2. The Morgan fingerprint density at radius 1 is 1.00 bits per heavy atom. The molecule has 2 aromatic rings. The van der Waals surface area contributed by atoms with Gasteiger partial charge in [-0.25, -0.2) is 0 Å². The van der Waals surface area contributed by atoms with Crippen molar-refractivity contribution in [3.63, 3.8) is 0 Å². The molecule has 0 saturated heterocycles. The summed E-state index contributed by atoms with van der Waals surface area (Å²) in [7, 11) is 3.77. The van der Waals surface area contributed by atoms with Crippen molar-refractivity contribution >= 4 is 23.6 Å². The third-order valence-electron chi connectivity index (χ3n) is 6.93. The lowest BCUT2D eigenvalue weighted by Crippen LogP contribution is -2.50. The van der Waals surface area contributed by atoms with E-state index in [0.29, 0.717) is 37.6 Å². The number of fused-ring (bicyclic) bond motifs is 1. The van der Waals surface area contributed by atoms with E-state index in [1.165, 1.54) is 12.1 Å². The summed E-state index contributed by atoms with van der Waals surface area (Å²) in [5.74, 6) is -1.06. The fraction of sp³-hybridized carbons (Fsp3) is 0.484. The van der Waals surface area contributed by atoms with Crippen LogP contribution in [0.4, 0.5) is 0 Å². The minimum absolute atomic E-state index is 0.0297. The van der Waals surface area contributed by atoms with Crippen molar-refractivity contribution in [2.24, 2.45) is 0 Å². The van der Waals surface area contributed by atoms with Gasteiger partial charge in [0.25, 0.3) is 5.91 Å². The Kier molecular flexibility index (Phi) is 13.1. The number of ether oxygens (including phenoxy) is 1. The Morgan fingerprint density at radius 2 is 1.74 bits per heavy atom.